The van der Waals surface area contributed by atoms with E-state index in [1.54, 1.807) is 6.20 Å². The molecule has 0 aliphatic heterocycles. The van der Waals surface area contributed by atoms with Crippen LogP contribution in [0.1, 0.15) is 0 Å². The SMILES string of the molecule is Nc1ncc(-c2cccc(-c3nn[nH]n3)c2)[nH]1. The van der Waals surface area contributed by atoms with Crippen molar-refractivity contribution in [2.75, 3.05) is 5.73 Å². The summed E-state index contributed by atoms with van der Waals surface area (Å²) in [6, 6.07) is 7.72. The van der Waals surface area contributed by atoms with Gasteiger partial charge in [0.15, 0.2) is 5.95 Å². The molecule has 0 amide bonds. The molecule has 0 saturated heterocycles. The van der Waals surface area contributed by atoms with Crippen LogP contribution >= 0.6 is 0 Å². The van der Waals surface area contributed by atoms with Gasteiger partial charge in [0.25, 0.3) is 0 Å². The Kier molecular flexibility index (Phi) is 2.08. The highest BCUT2D eigenvalue weighted by Gasteiger charge is 2.06. The molecule has 0 bridgehead atoms. The summed E-state index contributed by atoms with van der Waals surface area (Å²) >= 11 is 0. The van der Waals surface area contributed by atoms with Crippen molar-refractivity contribution < 1.29 is 0 Å². The second-order valence-corrected chi connectivity index (χ2v) is 3.50. The van der Waals surface area contributed by atoms with Crippen molar-refractivity contribution in [2.45, 2.75) is 0 Å². The fraction of sp³-hybridized carbons (Fsp3) is 0. The van der Waals surface area contributed by atoms with E-state index in [1.807, 2.05) is 24.3 Å². The summed E-state index contributed by atoms with van der Waals surface area (Å²) < 4.78 is 0. The van der Waals surface area contributed by atoms with Crippen LogP contribution in [0, 0.1) is 0 Å². The predicted octanol–water partition coefficient (Wildman–Crippen LogP) is 0.839. The van der Waals surface area contributed by atoms with Gasteiger partial charge in [0.05, 0.1) is 11.9 Å². The van der Waals surface area contributed by atoms with Crippen molar-refractivity contribution in [3.05, 3.63) is 30.5 Å². The number of nitrogens with two attached hydrogens (primary N) is 1. The molecule has 0 fully saturated rings. The van der Waals surface area contributed by atoms with Gasteiger partial charge in [0.1, 0.15) is 0 Å². The molecule has 0 aliphatic rings. The van der Waals surface area contributed by atoms with E-state index in [0.29, 0.717) is 11.8 Å². The van der Waals surface area contributed by atoms with Crippen LogP contribution in [-0.2, 0) is 0 Å². The van der Waals surface area contributed by atoms with Gasteiger partial charge in [-0.2, -0.15) is 5.21 Å². The van der Waals surface area contributed by atoms with Gasteiger partial charge < -0.3 is 10.7 Å². The van der Waals surface area contributed by atoms with Gasteiger partial charge in [-0.05, 0) is 11.3 Å². The summed E-state index contributed by atoms with van der Waals surface area (Å²) in [5, 5.41) is 13.8. The monoisotopic (exact) mass is 227 g/mol. The molecule has 3 aromatic rings. The minimum Gasteiger partial charge on any atom is -0.369 e. The molecule has 0 radical (unpaired) electrons. The number of hydrogen-bond acceptors (Lipinski definition) is 5. The molecule has 1 aromatic carbocycles. The molecule has 84 valence electrons. The molecule has 3 rings (SSSR count). The van der Waals surface area contributed by atoms with Crippen LogP contribution in [0.4, 0.5) is 5.95 Å². The minimum absolute atomic E-state index is 0.393. The lowest BCUT2D eigenvalue weighted by Gasteiger charge is -1.99. The first-order valence-electron chi connectivity index (χ1n) is 4.97. The zero-order valence-corrected chi connectivity index (χ0v) is 8.75. The van der Waals surface area contributed by atoms with Crippen LogP contribution in [0.5, 0.6) is 0 Å². The second-order valence-electron chi connectivity index (χ2n) is 3.50. The topological polar surface area (TPSA) is 109 Å². The average molecular weight is 227 g/mol. The van der Waals surface area contributed by atoms with Crippen LogP contribution in [0.2, 0.25) is 0 Å². The molecule has 0 spiro atoms. The molecule has 2 heterocycles. The molecule has 7 heteroatoms. The highest BCUT2D eigenvalue weighted by Crippen LogP contribution is 2.22. The zero-order chi connectivity index (χ0) is 11.7. The number of nitrogens with one attached hydrogen (secondary N) is 2. The first kappa shape index (κ1) is 9.52. The Morgan fingerprint density at radius 3 is 2.76 bits per heavy atom. The first-order valence-corrected chi connectivity index (χ1v) is 4.97. The summed E-state index contributed by atoms with van der Waals surface area (Å²) in [7, 11) is 0. The molecule has 7 nitrogen and oxygen atoms in total. The van der Waals surface area contributed by atoms with Gasteiger partial charge in [-0.1, -0.05) is 18.2 Å². The second kappa shape index (κ2) is 3.71. The smallest absolute Gasteiger partial charge is 0.204 e. The van der Waals surface area contributed by atoms with Gasteiger partial charge in [0.2, 0.25) is 5.82 Å². The van der Waals surface area contributed by atoms with E-state index in [9.17, 15) is 0 Å². The standard InChI is InChI=1S/C10H9N7/c11-10-12-5-8(13-10)6-2-1-3-7(4-6)9-14-16-17-15-9/h1-5H,(H3,11,12,13)(H,14,15,16,17). The number of rotatable bonds is 2. The van der Waals surface area contributed by atoms with Gasteiger partial charge >= 0.3 is 0 Å². The lowest BCUT2D eigenvalue weighted by atomic mass is 10.1. The number of aromatic amines is 2. The number of nitrogens with zero attached hydrogens (tertiary/aromatic N) is 4. The highest BCUT2D eigenvalue weighted by atomic mass is 15.5. The Hall–Kier alpha value is -2.70. The van der Waals surface area contributed by atoms with E-state index in [1.165, 1.54) is 0 Å². The van der Waals surface area contributed by atoms with Crippen LogP contribution in [0.15, 0.2) is 30.5 Å². The summed E-state index contributed by atoms with van der Waals surface area (Å²) in [5.74, 6) is 0.948. The first-order chi connectivity index (χ1) is 8.33. The largest absolute Gasteiger partial charge is 0.369 e. The third-order valence-electron chi connectivity index (χ3n) is 2.37. The Bertz CT molecular complexity index is 626. The van der Waals surface area contributed by atoms with Crippen LogP contribution in [0.25, 0.3) is 22.6 Å². The lowest BCUT2D eigenvalue weighted by molar-refractivity contribution is 0.881. The summed E-state index contributed by atoms with van der Waals surface area (Å²) in [4.78, 5) is 6.93. The Morgan fingerprint density at radius 1 is 1.18 bits per heavy atom. The molecule has 0 saturated carbocycles. The lowest BCUT2D eigenvalue weighted by Crippen LogP contribution is -1.86. The Morgan fingerprint density at radius 2 is 2.06 bits per heavy atom. The molecule has 0 aliphatic carbocycles. The Balaban J connectivity index is 2.05. The number of imidazole rings is 1. The van der Waals surface area contributed by atoms with E-state index < -0.39 is 0 Å². The van der Waals surface area contributed by atoms with E-state index >= 15 is 0 Å². The summed E-state index contributed by atoms with van der Waals surface area (Å²) in [6.45, 7) is 0. The number of hydrogen-bond donors (Lipinski definition) is 3. The molecule has 0 unspecified atom stereocenters. The van der Waals surface area contributed by atoms with E-state index in [2.05, 4.69) is 30.6 Å². The van der Waals surface area contributed by atoms with Crippen LogP contribution < -0.4 is 5.73 Å². The number of benzene rings is 1. The number of nitrogen functional groups attached to an aromatic ring is 1. The molecular formula is C10H9N7. The quantitative estimate of drug-likeness (QED) is 0.601. The number of tetrazole rings is 1. The predicted molar refractivity (Wildman–Crippen MR) is 61.6 cm³/mol. The molecule has 0 atom stereocenters. The number of H-pyrrole nitrogens is 2. The number of aromatic nitrogens is 6. The Labute approximate surface area is 96.1 Å². The van der Waals surface area contributed by atoms with Gasteiger partial charge in [-0.3, -0.25) is 0 Å². The maximum absolute atomic E-state index is 5.54. The third-order valence-corrected chi connectivity index (χ3v) is 2.37. The van der Waals surface area contributed by atoms with Crippen LogP contribution in [-0.4, -0.2) is 30.6 Å². The van der Waals surface area contributed by atoms with Crippen molar-refractivity contribution in [3.8, 4) is 22.6 Å². The number of anilines is 1. The highest BCUT2D eigenvalue weighted by molar-refractivity contribution is 5.67. The molecule has 17 heavy (non-hydrogen) atoms. The maximum Gasteiger partial charge on any atom is 0.204 e. The van der Waals surface area contributed by atoms with E-state index in [-0.39, 0.29) is 0 Å². The van der Waals surface area contributed by atoms with Crippen molar-refractivity contribution in [3.63, 3.8) is 0 Å². The normalized spacial score (nSPS) is 10.6. The fourth-order valence-corrected chi connectivity index (χ4v) is 1.59. The third kappa shape index (κ3) is 1.73. The summed E-state index contributed by atoms with van der Waals surface area (Å²) in [5.41, 5.74) is 8.24. The molecule has 4 N–H and O–H groups in total. The van der Waals surface area contributed by atoms with Crippen molar-refractivity contribution in [2.24, 2.45) is 0 Å². The van der Waals surface area contributed by atoms with Crippen molar-refractivity contribution >= 4 is 5.95 Å². The van der Waals surface area contributed by atoms with Crippen molar-refractivity contribution in [1.82, 2.24) is 30.6 Å². The van der Waals surface area contributed by atoms with E-state index in [0.717, 1.165) is 16.8 Å². The van der Waals surface area contributed by atoms with Gasteiger partial charge in [-0.25, -0.2) is 4.98 Å². The summed E-state index contributed by atoms with van der Waals surface area (Å²) in [6.07, 6.45) is 1.69. The zero-order valence-electron chi connectivity index (χ0n) is 8.75. The maximum atomic E-state index is 5.54. The van der Waals surface area contributed by atoms with E-state index in [4.69, 9.17) is 5.73 Å². The average Bonchev–Trinajstić information content (AvgIpc) is 3.00. The van der Waals surface area contributed by atoms with Crippen molar-refractivity contribution in [1.29, 1.82) is 0 Å². The molecular weight excluding hydrogens is 218 g/mol. The molecule has 2 aromatic heterocycles. The van der Waals surface area contributed by atoms with Gasteiger partial charge in [-0.15, -0.1) is 10.2 Å². The fourth-order valence-electron chi connectivity index (χ4n) is 1.59. The minimum atomic E-state index is 0.393. The van der Waals surface area contributed by atoms with Crippen LogP contribution in [0.3, 0.4) is 0 Å². The van der Waals surface area contributed by atoms with Gasteiger partial charge in [0, 0.05) is 11.1 Å².